The van der Waals surface area contributed by atoms with Gasteiger partial charge in [0.2, 0.25) is 10.0 Å². The van der Waals surface area contributed by atoms with Gasteiger partial charge in [-0.05, 0) is 38.5 Å². The van der Waals surface area contributed by atoms with Crippen molar-refractivity contribution in [1.82, 2.24) is 24.0 Å². The van der Waals surface area contributed by atoms with Gasteiger partial charge in [0.25, 0.3) is 0 Å². The van der Waals surface area contributed by atoms with E-state index in [0.717, 1.165) is 22.3 Å². The van der Waals surface area contributed by atoms with Gasteiger partial charge >= 0.3 is 6.03 Å². The molecule has 0 aliphatic carbocycles. The zero-order chi connectivity index (χ0) is 22.2. The Morgan fingerprint density at radius 2 is 1.81 bits per heavy atom. The first kappa shape index (κ1) is 21.3. The minimum absolute atomic E-state index is 0.253. The summed E-state index contributed by atoms with van der Waals surface area (Å²) in [5.41, 5.74) is 3.18. The summed E-state index contributed by atoms with van der Waals surface area (Å²) < 4.78 is 29.1. The van der Waals surface area contributed by atoms with Crippen LogP contribution in [0, 0.1) is 13.8 Å². The maximum atomic E-state index is 13.0. The van der Waals surface area contributed by atoms with Crippen LogP contribution in [0.1, 0.15) is 17.7 Å². The summed E-state index contributed by atoms with van der Waals surface area (Å²) in [7, 11) is -1.75. The van der Waals surface area contributed by atoms with E-state index in [1.165, 1.54) is 4.31 Å². The number of anilines is 1. The number of benzene rings is 1. The maximum absolute atomic E-state index is 13.0. The predicted molar refractivity (Wildman–Crippen MR) is 118 cm³/mol. The Morgan fingerprint density at radius 3 is 2.55 bits per heavy atom. The van der Waals surface area contributed by atoms with Crippen molar-refractivity contribution >= 4 is 32.8 Å². The van der Waals surface area contributed by atoms with Gasteiger partial charge in [-0.25, -0.2) is 18.2 Å². The summed E-state index contributed by atoms with van der Waals surface area (Å²) in [4.78, 5) is 19.1. The molecule has 1 aromatic carbocycles. The van der Waals surface area contributed by atoms with Crippen molar-refractivity contribution in [3.05, 3.63) is 47.8 Å². The van der Waals surface area contributed by atoms with Gasteiger partial charge in [-0.3, -0.25) is 4.68 Å². The second-order valence-electron chi connectivity index (χ2n) is 7.79. The van der Waals surface area contributed by atoms with Gasteiger partial charge < -0.3 is 10.2 Å². The molecule has 1 saturated heterocycles. The molecule has 4 rings (SSSR count). The van der Waals surface area contributed by atoms with Gasteiger partial charge in [-0.15, -0.1) is 0 Å². The fraction of sp³-hybridized carbons (Fsp3) is 0.381. The third kappa shape index (κ3) is 4.26. The number of aryl methyl sites for hydroxylation is 3. The van der Waals surface area contributed by atoms with Crippen LogP contribution in [0.2, 0.25) is 0 Å². The molecular weight excluding hydrogens is 416 g/mol. The zero-order valence-corrected chi connectivity index (χ0v) is 18.7. The molecule has 0 unspecified atom stereocenters. The number of urea groups is 1. The lowest BCUT2D eigenvalue weighted by Crippen LogP contribution is -2.39. The third-order valence-corrected chi connectivity index (χ3v) is 7.43. The highest BCUT2D eigenvalue weighted by atomic mass is 32.2. The fourth-order valence-electron chi connectivity index (χ4n) is 3.78. The summed E-state index contributed by atoms with van der Waals surface area (Å²) in [5, 5.41) is 8.10. The Bertz CT molecular complexity index is 1220. The third-order valence-electron chi connectivity index (χ3n) is 5.52. The number of hydrogen-bond acceptors (Lipinski definition) is 5. The number of sulfonamides is 1. The van der Waals surface area contributed by atoms with E-state index in [2.05, 4.69) is 15.4 Å². The lowest BCUT2D eigenvalue weighted by Gasteiger charge is -2.22. The average Bonchev–Trinajstić information content (AvgIpc) is 2.90. The highest BCUT2D eigenvalue weighted by molar-refractivity contribution is 7.89. The second-order valence-corrected chi connectivity index (χ2v) is 9.73. The Balaban J connectivity index is 1.44. The molecule has 9 nitrogen and oxygen atoms in total. The van der Waals surface area contributed by atoms with E-state index in [0.29, 0.717) is 31.7 Å². The smallest absolute Gasteiger partial charge is 0.321 e. The van der Waals surface area contributed by atoms with Crippen LogP contribution < -0.4 is 5.32 Å². The molecule has 0 spiro atoms. The van der Waals surface area contributed by atoms with Crippen molar-refractivity contribution in [2.45, 2.75) is 25.2 Å². The molecule has 1 N–H and O–H groups in total. The summed E-state index contributed by atoms with van der Waals surface area (Å²) >= 11 is 0. The average molecular weight is 443 g/mol. The zero-order valence-electron chi connectivity index (χ0n) is 17.9. The molecule has 0 bridgehead atoms. The molecule has 10 heteroatoms. The molecule has 0 radical (unpaired) electrons. The van der Waals surface area contributed by atoms with Gasteiger partial charge in [0, 0.05) is 38.6 Å². The van der Waals surface area contributed by atoms with Crippen LogP contribution in [0.15, 0.2) is 41.4 Å². The molecular formula is C21H26N6O3S. The van der Waals surface area contributed by atoms with Crippen LogP contribution in [-0.4, -0.2) is 64.6 Å². The molecule has 1 aliphatic heterocycles. The molecule has 3 heterocycles. The van der Waals surface area contributed by atoms with Crippen molar-refractivity contribution in [3.63, 3.8) is 0 Å². The lowest BCUT2D eigenvalue weighted by atomic mass is 10.2. The predicted octanol–water partition coefficient (Wildman–Crippen LogP) is 2.51. The highest BCUT2D eigenvalue weighted by Gasteiger charge is 2.28. The summed E-state index contributed by atoms with van der Waals surface area (Å²) in [5.74, 6) is 0. The number of amides is 2. The molecule has 1 aliphatic rings. The molecule has 3 aromatic rings. The number of nitrogens with one attached hydrogen (secondary N) is 1. The normalized spacial score (nSPS) is 15.8. The first-order valence-corrected chi connectivity index (χ1v) is 11.6. The van der Waals surface area contributed by atoms with Crippen molar-refractivity contribution < 1.29 is 13.2 Å². The largest absolute Gasteiger partial charge is 0.323 e. The first-order chi connectivity index (χ1) is 14.8. The molecule has 1 fully saturated rings. The molecule has 0 atom stereocenters. The standard InChI is InChI=1S/C21H26N6O3S/c1-15-5-7-18(8-6-15)31(29,30)27-10-4-9-26(11-12-27)21(28)23-17-13-19-16(2)24-25(3)20(19)22-14-17/h5-8,13-14H,4,9-12H2,1-3H3,(H,23,28). The summed E-state index contributed by atoms with van der Waals surface area (Å²) in [6, 6.07) is 8.43. The molecule has 2 aromatic heterocycles. The molecule has 0 saturated carbocycles. The lowest BCUT2D eigenvalue weighted by molar-refractivity contribution is 0.214. The number of nitrogens with zero attached hydrogens (tertiary/aromatic N) is 5. The van der Waals surface area contributed by atoms with Crippen molar-refractivity contribution in [2.24, 2.45) is 7.05 Å². The van der Waals surface area contributed by atoms with Gasteiger partial charge in [0.1, 0.15) is 0 Å². The number of fused-ring (bicyclic) bond motifs is 1. The van der Waals surface area contributed by atoms with Crippen LogP contribution in [0.3, 0.4) is 0 Å². The van der Waals surface area contributed by atoms with E-state index in [1.807, 2.05) is 27.0 Å². The number of pyridine rings is 1. The van der Waals surface area contributed by atoms with Crippen molar-refractivity contribution in [1.29, 1.82) is 0 Å². The topological polar surface area (TPSA) is 100 Å². The van der Waals surface area contributed by atoms with Crippen molar-refractivity contribution in [3.8, 4) is 0 Å². The Kier molecular flexibility index (Phi) is 5.67. The number of carbonyl (C=O) groups is 1. The van der Waals surface area contributed by atoms with E-state index < -0.39 is 10.0 Å². The Hall–Kier alpha value is -2.98. The van der Waals surface area contributed by atoms with Crippen LogP contribution in [0.4, 0.5) is 10.5 Å². The van der Waals surface area contributed by atoms with Gasteiger partial charge in [0.05, 0.1) is 22.5 Å². The quantitative estimate of drug-likeness (QED) is 0.672. The number of rotatable bonds is 3. The Morgan fingerprint density at radius 1 is 1.06 bits per heavy atom. The van der Waals surface area contributed by atoms with E-state index in [-0.39, 0.29) is 17.5 Å². The summed E-state index contributed by atoms with van der Waals surface area (Å²) in [6.45, 7) is 5.24. The monoisotopic (exact) mass is 442 g/mol. The first-order valence-electron chi connectivity index (χ1n) is 10.2. The van der Waals surface area contributed by atoms with Gasteiger partial charge in [0.15, 0.2) is 5.65 Å². The van der Waals surface area contributed by atoms with Crippen LogP contribution in [0.5, 0.6) is 0 Å². The maximum Gasteiger partial charge on any atom is 0.321 e. The number of hydrogen-bond donors (Lipinski definition) is 1. The van der Waals surface area contributed by atoms with Crippen LogP contribution >= 0.6 is 0 Å². The highest BCUT2D eigenvalue weighted by Crippen LogP contribution is 2.21. The number of carbonyl (C=O) groups excluding carboxylic acids is 1. The molecule has 2 amide bonds. The van der Waals surface area contributed by atoms with E-state index in [9.17, 15) is 13.2 Å². The van der Waals surface area contributed by atoms with E-state index in [4.69, 9.17) is 0 Å². The minimum Gasteiger partial charge on any atom is -0.323 e. The minimum atomic E-state index is -3.58. The van der Waals surface area contributed by atoms with Crippen LogP contribution in [-0.2, 0) is 17.1 Å². The van der Waals surface area contributed by atoms with Crippen LogP contribution in [0.25, 0.3) is 11.0 Å². The fourth-order valence-corrected chi connectivity index (χ4v) is 5.24. The molecule has 31 heavy (non-hydrogen) atoms. The van der Waals surface area contributed by atoms with Crippen molar-refractivity contribution in [2.75, 3.05) is 31.5 Å². The van der Waals surface area contributed by atoms with E-state index >= 15 is 0 Å². The summed E-state index contributed by atoms with van der Waals surface area (Å²) in [6.07, 6.45) is 2.17. The SMILES string of the molecule is Cc1ccc(S(=O)(=O)N2CCCN(C(=O)Nc3cnc4c(c3)c(C)nn4C)CC2)cc1. The number of aromatic nitrogens is 3. The molecule has 164 valence electrons. The Labute approximate surface area is 181 Å². The second kappa shape index (κ2) is 8.27. The van der Waals surface area contributed by atoms with Gasteiger partial charge in [-0.2, -0.15) is 9.40 Å². The van der Waals surface area contributed by atoms with Gasteiger partial charge in [-0.1, -0.05) is 17.7 Å². The van der Waals surface area contributed by atoms with E-state index in [1.54, 1.807) is 40.0 Å².